The van der Waals surface area contributed by atoms with Gasteiger partial charge in [0.25, 0.3) is 0 Å². The zero-order chi connectivity index (χ0) is 26.0. The predicted octanol–water partition coefficient (Wildman–Crippen LogP) is 4.35. The molecule has 0 amide bonds. The highest BCUT2D eigenvalue weighted by Gasteiger charge is 2.51. The molecule has 0 aliphatic carbocycles. The quantitative estimate of drug-likeness (QED) is 0.310. The molecule has 3 N–H and O–H groups in total. The fraction of sp³-hybridized carbons (Fsp3) is 0.192. The average molecular weight is 530 g/mol. The maximum Gasteiger partial charge on any atom is 0.223 e. The monoisotopic (exact) mass is 529 g/mol. The van der Waals surface area contributed by atoms with Crippen LogP contribution in [0, 0.1) is 12.7 Å². The normalized spacial score (nSPS) is 19.2. The summed E-state index contributed by atoms with van der Waals surface area (Å²) in [4.78, 5) is 13.0. The number of hydrogen-bond donors (Lipinski definition) is 3. The third-order valence-electron chi connectivity index (χ3n) is 6.94. The van der Waals surface area contributed by atoms with E-state index in [1.165, 1.54) is 12.1 Å². The summed E-state index contributed by atoms with van der Waals surface area (Å²) in [5.74, 6) is 1.59. The van der Waals surface area contributed by atoms with Crippen molar-refractivity contribution in [1.82, 2.24) is 45.4 Å². The summed E-state index contributed by atoms with van der Waals surface area (Å²) in [6.07, 6.45) is 2.44. The van der Waals surface area contributed by atoms with Crippen LogP contribution in [-0.4, -0.2) is 40.1 Å². The zero-order valence-electron chi connectivity index (χ0n) is 20.3. The van der Waals surface area contributed by atoms with Crippen LogP contribution in [0.15, 0.2) is 59.3 Å². The Kier molecular flexibility index (Phi) is 5.00. The number of benzene rings is 2. The Morgan fingerprint density at radius 2 is 1.97 bits per heavy atom. The highest BCUT2D eigenvalue weighted by molar-refractivity contribution is 6.31. The van der Waals surface area contributed by atoms with Crippen molar-refractivity contribution in [3.05, 3.63) is 100 Å². The van der Waals surface area contributed by atoms with Crippen LogP contribution in [-0.2, 0) is 19.0 Å². The molecule has 12 heteroatoms. The molecule has 0 radical (unpaired) electrons. The summed E-state index contributed by atoms with van der Waals surface area (Å²) in [7, 11) is 1.86. The molecule has 7 rings (SSSR count). The SMILES string of the molecule is Cc1nc(C2(c3ccn(C)n3)N[C@H](c3nc(-c4ccc(F)cc4)n[nH]3)Cc3c2[nH]c2ccc(Cl)cc32)no1. The van der Waals surface area contributed by atoms with Gasteiger partial charge in [-0.25, -0.2) is 9.37 Å². The van der Waals surface area contributed by atoms with Gasteiger partial charge in [-0.1, -0.05) is 16.8 Å². The summed E-state index contributed by atoms with van der Waals surface area (Å²) in [5, 5.41) is 22.0. The van der Waals surface area contributed by atoms with Gasteiger partial charge < -0.3 is 9.51 Å². The van der Waals surface area contributed by atoms with E-state index in [0.29, 0.717) is 46.1 Å². The summed E-state index contributed by atoms with van der Waals surface area (Å²) in [6, 6.07) is 13.4. The largest absolute Gasteiger partial charge is 0.356 e. The Bertz CT molecular complexity index is 1760. The Balaban J connectivity index is 1.45. The summed E-state index contributed by atoms with van der Waals surface area (Å²) in [5.41, 5.74) is 3.09. The molecule has 1 aliphatic rings. The van der Waals surface area contributed by atoms with Crippen LogP contribution in [0.4, 0.5) is 4.39 Å². The number of hydrogen-bond acceptors (Lipinski definition) is 7. The van der Waals surface area contributed by atoms with E-state index in [1.807, 2.05) is 37.5 Å². The van der Waals surface area contributed by atoms with Gasteiger partial charge in [0.15, 0.2) is 11.4 Å². The van der Waals surface area contributed by atoms with Crippen molar-refractivity contribution in [3.8, 4) is 11.4 Å². The number of nitrogens with one attached hydrogen (secondary N) is 3. The summed E-state index contributed by atoms with van der Waals surface area (Å²) in [6.45, 7) is 1.75. The van der Waals surface area contributed by atoms with Crippen molar-refractivity contribution >= 4 is 22.5 Å². The predicted molar refractivity (Wildman–Crippen MR) is 137 cm³/mol. The summed E-state index contributed by atoms with van der Waals surface area (Å²) < 4.78 is 20.7. The Morgan fingerprint density at radius 1 is 1.13 bits per heavy atom. The lowest BCUT2D eigenvalue weighted by atomic mass is 9.80. The lowest BCUT2D eigenvalue weighted by molar-refractivity contribution is 0.310. The topological polar surface area (TPSA) is 126 Å². The minimum absolute atomic E-state index is 0.320. The van der Waals surface area contributed by atoms with Gasteiger partial charge in [0.2, 0.25) is 11.7 Å². The number of halogens is 2. The molecule has 0 fully saturated rings. The third kappa shape index (κ3) is 3.46. The van der Waals surface area contributed by atoms with E-state index in [9.17, 15) is 4.39 Å². The van der Waals surface area contributed by atoms with Crippen molar-refractivity contribution in [2.24, 2.45) is 7.05 Å². The minimum Gasteiger partial charge on any atom is -0.356 e. The molecule has 1 unspecified atom stereocenters. The smallest absolute Gasteiger partial charge is 0.223 e. The number of nitrogens with zero attached hydrogens (tertiary/aromatic N) is 6. The van der Waals surface area contributed by atoms with Crippen LogP contribution in [0.3, 0.4) is 0 Å². The second kappa shape index (κ2) is 8.33. The maximum atomic E-state index is 13.5. The Morgan fingerprint density at radius 3 is 2.71 bits per heavy atom. The first-order valence-corrected chi connectivity index (χ1v) is 12.4. The van der Waals surface area contributed by atoms with Crippen molar-refractivity contribution in [3.63, 3.8) is 0 Å². The number of aromatic nitrogens is 8. The Hall–Kier alpha value is -4.35. The van der Waals surface area contributed by atoms with Crippen LogP contribution >= 0.6 is 11.6 Å². The number of fused-ring (bicyclic) bond motifs is 3. The number of H-pyrrole nitrogens is 2. The van der Waals surface area contributed by atoms with E-state index < -0.39 is 5.54 Å². The minimum atomic E-state index is -1.09. The van der Waals surface area contributed by atoms with E-state index in [1.54, 1.807) is 23.7 Å². The molecule has 5 heterocycles. The standard InChI is InChI=1S/C26H21ClFN9O/c1-13-29-25(36-38-13)26(21-9-10-37(2)35-21)22-18(17-11-15(27)5-8-19(17)30-22)12-20(32-26)24-31-23(33-34-24)14-3-6-16(28)7-4-14/h3-11,20,30,32H,12H2,1-2H3,(H,31,33,34)/t20-,26?/m0/s1. The summed E-state index contributed by atoms with van der Waals surface area (Å²) >= 11 is 6.43. The van der Waals surface area contributed by atoms with E-state index in [-0.39, 0.29) is 11.9 Å². The molecule has 1 aliphatic heterocycles. The highest BCUT2D eigenvalue weighted by Crippen LogP contribution is 2.45. The van der Waals surface area contributed by atoms with Gasteiger partial charge in [-0.05, 0) is 60.5 Å². The zero-order valence-corrected chi connectivity index (χ0v) is 21.1. The van der Waals surface area contributed by atoms with Crippen LogP contribution in [0.2, 0.25) is 5.02 Å². The fourth-order valence-electron chi connectivity index (χ4n) is 5.22. The fourth-order valence-corrected chi connectivity index (χ4v) is 5.40. The van der Waals surface area contributed by atoms with E-state index in [0.717, 1.165) is 22.2 Å². The van der Waals surface area contributed by atoms with Gasteiger partial charge in [0, 0.05) is 41.7 Å². The Labute approximate surface area is 220 Å². The molecule has 190 valence electrons. The second-order valence-corrected chi connectivity index (χ2v) is 9.82. The van der Waals surface area contributed by atoms with Crippen molar-refractivity contribution in [1.29, 1.82) is 0 Å². The molecular weight excluding hydrogens is 509 g/mol. The van der Waals surface area contributed by atoms with Crippen molar-refractivity contribution < 1.29 is 8.91 Å². The molecule has 2 atom stereocenters. The first-order valence-electron chi connectivity index (χ1n) is 12.0. The van der Waals surface area contributed by atoms with Gasteiger partial charge in [0.1, 0.15) is 11.6 Å². The molecule has 0 bridgehead atoms. The first kappa shape index (κ1) is 22.8. The molecular formula is C26H21ClFN9O. The highest BCUT2D eigenvalue weighted by atomic mass is 35.5. The average Bonchev–Trinajstić information content (AvgIpc) is 3.71. The van der Waals surface area contributed by atoms with Gasteiger partial charge in [-0.2, -0.15) is 15.2 Å². The second-order valence-electron chi connectivity index (χ2n) is 9.38. The van der Waals surface area contributed by atoms with Gasteiger partial charge in [-0.3, -0.25) is 15.1 Å². The van der Waals surface area contributed by atoms with Crippen LogP contribution < -0.4 is 5.32 Å². The van der Waals surface area contributed by atoms with Gasteiger partial charge in [-0.15, -0.1) is 0 Å². The van der Waals surface area contributed by atoms with Crippen LogP contribution in [0.25, 0.3) is 22.3 Å². The molecule has 0 saturated heterocycles. The molecule has 0 saturated carbocycles. The maximum absolute atomic E-state index is 13.5. The lowest BCUT2D eigenvalue weighted by Gasteiger charge is -2.38. The van der Waals surface area contributed by atoms with Crippen LogP contribution in [0.5, 0.6) is 0 Å². The van der Waals surface area contributed by atoms with E-state index in [2.05, 4.69) is 30.6 Å². The van der Waals surface area contributed by atoms with Crippen LogP contribution in [0.1, 0.15) is 40.5 Å². The molecule has 10 nitrogen and oxygen atoms in total. The van der Waals surface area contributed by atoms with Gasteiger partial charge in [0.05, 0.1) is 17.4 Å². The van der Waals surface area contributed by atoms with Crippen molar-refractivity contribution in [2.75, 3.05) is 0 Å². The molecule has 4 aromatic heterocycles. The molecule has 6 aromatic rings. The van der Waals surface area contributed by atoms with E-state index >= 15 is 0 Å². The van der Waals surface area contributed by atoms with Gasteiger partial charge >= 0.3 is 0 Å². The lowest BCUT2D eigenvalue weighted by Crippen LogP contribution is -2.52. The van der Waals surface area contributed by atoms with Crippen molar-refractivity contribution in [2.45, 2.75) is 24.9 Å². The third-order valence-corrected chi connectivity index (χ3v) is 7.17. The first-order chi connectivity index (χ1) is 18.4. The molecule has 2 aromatic carbocycles. The molecule has 0 spiro atoms. The number of aryl methyl sites for hydroxylation is 2. The molecule has 38 heavy (non-hydrogen) atoms. The number of rotatable bonds is 4. The number of aromatic amines is 2. The van der Waals surface area contributed by atoms with E-state index in [4.69, 9.17) is 26.2 Å².